The highest BCUT2D eigenvalue weighted by Crippen LogP contribution is 2.37. The number of aliphatic hydroxyl groups excluding tert-OH is 4. The molecule has 0 saturated carbocycles. The van der Waals surface area contributed by atoms with Crippen LogP contribution in [0.1, 0.15) is 18.4 Å². The van der Waals surface area contributed by atoms with E-state index in [9.17, 15) is 33.6 Å². The van der Waals surface area contributed by atoms with Gasteiger partial charge in [0.2, 0.25) is 0 Å². The molecule has 10 heteroatoms. The molecule has 1 aromatic rings. The summed E-state index contributed by atoms with van der Waals surface area (Å²) < 4.78 is 40.0. The van der Waals surface area contributed by atoms with Crippen molar-refractivity contribution in [3.63, 3.8) is 0 Å². The van der Waals surface area contributed by atoms with E-state index in [1.165, 1.54) is 6.20 Å². The summed E-state index contributed by atoms with van der Waals surface area (Å²) in [5, 5.41) is 39.4. The van der Waals surface area contributed by atoms with Crippen LogP contribution < -0.4 is 4.90 Å². The Morgan fingerprint density at radius 3 is 2.57 bits per heavy atom. The second kappa shape index (κ2) is 8.50. The van der Waals surface area contributed by atoms with Crippen LogP contribution in [0.2, 0.25) is 0 Å². The lowest BCUT2D eigenvalue weighted by molar-refractivity contribution is -0.147. The molecule has 3 heterocycles. The molecule has 4 N–H and O–H groups in total. The van der Waals surface area contributed by atoms with Gasteiger partial charge in [-0.2, -0.15) is 13.2 Å². The molecule has 158 valence electrons. The number of hydrogen-bond donors (Lipinski definition) is 4. The summed E-state index contributed by atoms with van der Waals surface area (Å²) in [7, 11) is 0. The fourth-order valence-electron chi connectivity index (χ4n) is 4.23. The number of hydrogen-bond acceptors (Lipinski definition) is 7. The number of alkyl halides is 3. The van der Waals surface area contributed by atoms with E-state index >= 15 is 0 Å². The number of rotatable bonds is 4. The van der Waals surface area contributed by atoms with Crippen molar-refractivity contribution < 1.29 is 33.6 Å². The van der Waals surface area contributed by atoms with E-state index in [0.717, 1.165) is 18.7 Å². The molecule has 1 aromatic heterocycles. The van der Waals surface area contributed by atoms with Crippen LogP contribution in [0.3, 0.4) is 0 Å². The van der Waals surface area contributed by atoms with Gasteiger partial charge in [-0.25, -0.2) is 0 Å². The third kappa shape index (κ3) is 4.41. The van der Waals surface area contributed by atoms with Crippen molar-refractivity contribution >= 4 is 5.69 Å². The van der Waals surface area contributed by atoms with Gasteiger partial charge in [0.05, 0.1) is 36.2 Å². The molecular weight excluding hydrogens is 379 g/mol. The molecule has 0 spiro atoms. The first-order valence-electron chi connectivity index (χ1n) is 9.37. The van der Waals surface area contributed by atoms with Gasteiger partial charge in [0.1, 0.15) is 12.2 Å². The zero-order valence-electron chi connectivity index (χ0n) is 15.3. The highest BCUT2D eigenvalue weighted by Gasteiger charge is 2.42. The van der Waals surface area contributed by atoms with Crippen LogP contribution in [-0.4, -0.2) is 87.4 Å². The average molecular weight is 405 g/mol. The Kier molecular flexibility index (Phi) is 6.45. The van der Waals surface area contributed by atoms with Crippen LogP contribution in [0.5, 0.6) is 0 Å². The molecule has 5 atom stereocenters. The molecule has 0 aromatic carbocycles. The van der Waals surface area contributed by atoms with E-state index in [0.29, 0.717) is 26.1 Å². The van der Waals surface area contributed by atoms with Crippen molar-refractivity contribution in [3.05, 3.63) is 24.0 Å². The Hall–Kier alpha value is -1.46. The maximum atomic E-state index is 13.3. The standard InChI is InChI=1S/C18H26F3N3O4/c19-18(20,21)12-3-4-22-6-13(12)23-5-1-2-11(7-23)8-24-9-15(26)17(28)16(27)14(24)10-25/h3-4,6,11,14-17,25-28H,1-2,5,7-10H2/t11-,14+,15+,16-,17-/m1/s1. The van der Waals surface area contributed by atoms with E-state index < -0.39 is 36.1 Å². The van der Waals surface area contributed by atoms with Gasteiger partial charge in [0, 0.05) is 32.4 Å². The number of anilines is 1. The number of halogens is 3. The number of pyridine rings is 1. The number of β-amino-alcohol motifs (C(OH)–C–C–N with tert-alkyl or cyclic N) is 1. The van der Waals surface area contributed by atoms with Crippen molar-refractivity contribution in [3.8, 4) is 0 Å². The third-order valence-electron chi connectivity index (χ3n) is 5.67. The number of aliphatic hydroxyl groups is 4. The Morgan fingerprint density at radius 2 is 1.89 bits per heavy atom. The highest BCUT2D eigenvalue weighted by molar-refractivity contribution is 5.53. The lowest BCUT2D eigenvalue weighted by Crippen LogP contribution is -2.63. The summed E-state index contributed by atoms with van der Waals surface area (Å²) >= 11 is 0. The summed E-state index contributed by atoms with van der Waals surface area (Å²) in [4.78, 5) is 7.23. The molecule has 2 fully saturated rings. The number of likely N-dealkylation sites (tertiary alicyclic amines) is 1. The molecule has 28 heavy (non-hydrogen) atoms. The monoisotopic (exact) mass is 405 g/mol. The molecule has 0 radical (unpaired) electrons. The van der Waals surface area contributed by atoms with E-state index in [-0.39, 0.29) is 24.8 Å². The molecular formula is C18H26F3N3O4. The molecule has 3 rings (SSSR count). The zero-order valence-corrected chi connectivity index (χ0v) is 15.3. The second-order valence-electron chi connectivity index (χ2n) is 7.60. The fraction of sp³-hybridized carbons (Fsp3) is 0.722. The topological polar surface area (TPSA) is 100 Å². The normalized spacial score (nSPS) is 32.5. The molecule has 0 amide bonds. The average Bonchev–Trinajstić information content (AvgIpc) is 2.66. The van der Waals surface area contributed by atoms with Gasteiger partial charge in [-0.05, 0) is 24.8 Å². The molecule has 2 aliphatic rings. The Bertz CT molecular complexity index is 663. The van der Waals surface area contributed by atoms with Crippen molar-refractivity contribution in [1.82, 2.24) is 9.88 Å². The van der Waals surface area contributed by atoms with Crippen LogP contribution in [0.4, 0.5) is 18.9 Å². The first kappa shape index (κ1) is 21.3. The van der Waals surface area contributed by atoms with Gasteiger partial charge in [-0.3, -0.25) is 9.88 Å². The molecule has 2 aliphatic heterocycles. The first-order valence-corrected chi connectivity index (χ1v) is 9.37. The van der Waals surface area contributed by atoms with E-state index in [2.05, 4.69) is 4.98 Å². The van der Waals surface area contributed by atoms with Gasteiger partial charge >= 0.3 is 6.18 Å². The Balaban J connectivity index is 1.72. The van der Waals surface area contributed by atoms with Crippen molar-refractivity contribution in [2.24, 2.45) is 5.92 Å². The van der Waals surface area contributed by atoms with Crippen molar-refractivity contribution in [2.75, 3.05) is 37.7 Å². The smallest absolute Gasteiger partial charge is 0.395 e. The predicted octanol–water partition coefficient (Wildman–Crippen LogP) is 0.0760. The van der Waals surface area contributed by atoms with Gasteiger partial charge < -0.3 is 25.3 Å². The van der Waals surface area contributed by atoms with Gasteiger partial charge in [-0.15, -0.1) is 0 Å². The lowest BCUT2D eigenvalue weighted by atomic mass is 9.90. The van der Waals surface area contributed by atoms with Gasteiger partial charge in [0.25, 0.3) is 0 Å². The maximum absolute atomic E-state index is 13.3. The first-order chi connectivity index (χ1) is 13.2. The Morgan fingerprint density at radius 1 is 1.14 bits per heavy atom. The van der Waals surface area contributed by atoms with Gasteiger partial charge in [0.15, 0.2) is 0 Å². The minimum Gasteiger partial charge on any atom is -0.395 e. The van der Waals surface area contributed by atoms with Crippen molar-refractivity contribution in [1.29, 1.82) is 0 Å². The minimum atomic E-state index is -4.47. The van der Waals surface area contributed by atoms with E-state index in [4.69, 9.17) is 0 Å². The minimum absolute atomic E-state index is 0.0151. The highest BCUT2D eigenvalue weighted by atomic mass is 19.4. The summed E-state index contributed by atoms with van der Waals surface area (Å²) in [6.45, 7) is 0.948. The summed E-state index contributed by atoms with van der Waals surface area (Å²) in [6, 6.07) is 0.248. The lowest BCUT2D eigenvalue weighted by Gasteiger charge is -2.45. The van der Waals surface area contributed by atoms with Crippen LogP contribution in [0.15, 0.2) is 18.5 Å². The second-order valence-corrected chi connectivity index (χ2v) is 7.60. The number of nitrogens with zero attached hydrogens (tertiary/aromatic N) is 3. The van der Waals surface area contributed by atoms with Crippen LogP contribution in [-0.2, 0) is 6.18 Å². The molecule has 0 bridgehead atoms. The molecule has 2 saturated heterocycles. The van der Waals surface area contributed by atoms with E-state index in [1.807, 2.05) is 0 Å². The summed E-state index contributed by atoms with van der Waals surface area (Å²) in [5.74, 6) is -0.0151. The maximum Gasteiger partial charge on any atom is 0.418 e. The largest absolute Gasteiger partial charge is 0.418 e. The van der Waals surface area contributed by atoms with Crippen LogP contribution >= 0.6 is 0 Å². The molecule has 0 unspecified atom stereocenters. The summed E-state index contributed by atoms with van der Waals surface area (Å²) in [6.07, 6.45) is -4.40. The van der Waals surface area contributed by atoms with Gasteiger partial charge in [-0.1, -0.05) is 0 Å². The fourth-order valence-corrected chi connectivity index (χ4v) is 4.23. The number of piperidine rings is 2. The van der Waals surface area contributed by atoms with Crippen LogP contribution in [0.25, 0.3) is 0 Å². The zero-order chi connectivity index (χ0) is 20.5. The van der Waals surface area contributed by atoms with Crippen molar-refractivity contribution in [2.45, 2.75) is 43.4 Å². The molecule has 0 aliphatic carbocycles. The van der Waals surface area contributed by atoms with E-state index in [1.54, 1.807) is 9.80 Å². The molecule has 7 nitrogen and oxygen atoms in total. The SMILES string of the molecule is OC[C@H]1[C@@H](O)[C@H](O)[C@@H](O)CN1C[C@@H]1CCCN(c2cnccc2C(F)(F)F)C1. The quantitative estimate of drug-likeness (QED) is 0.563. The predicted molar refractivity (Wildman–Crippen MR) is 94.6 cm³/mol. The third-order valence-corrected chi connectivity index (χ3v) is 5.67. The van der Waals surface area contributed by atoms with Crippen LogP contribution in [0, 0.1) is 5.92 Å². The number of aromatic nitrogens is 1. The Labute approximate surface area is 161 Å². The summed E-state index contributed by atoms with van der Waals surface area (Å²) in [5.41, 5.74) is -0.670.